The van der Waals surface area contributed by atoms with Crippen LogP contribution in [0.3, 0.4) is 0 Å². The van der Waals surface area contributed by atoms with Gasteiger partial charge in [0.05, 0.1) is 6.10 Å². The third-order valence-corrected chi connectivity index (χ3v) is 5.40. The van der Waals surface area contributed by atoms with Gasteiger partial charge in [0, 0.05) is 5.56 Å². The molecule has 0 radical (unpaired) electrons. The standard InChI is InChI=1S/C28H31NO3/c1-3-4-5-7-13-21(2)32-28(31)26(29-27(30)23-15-8-6-9-16-23)20-24-18-12-17-22-14-10-11-19-25(22)24/h6,8-12,14-21H,3-5,7,13H2,1-2H3,(H,29,30)/b26-20-/t21-/m0/s1. The van der Waals surface area contributed by atoms with E-state index in [9.17, 15) is 9.59 Å². The maximum Gasteiger partial charge on any atom is 0.355 e. The van der Waals surface area contributed by atoms with Crippen molar-refractivity contribution in [3.05, 3.63) is 89.6 Å². The number of hydrogen-bond acceptors (Lipinski definition) is 3. The molecule has 32 heavy (non-hydrogen) atoms. The predicted molar refractivity (Wildman–Crippen MR) is 130 cm³/mol. The molecule has 4 nitrogen and oxygen atoms in total. The number of fused-ring (bicyclic) bond motifs is 1. The van der Waals surface area contributed by atoms with Crippen LogP contribution < -0.4 is 5.32 Å². The largest absolute Gasteiger partial charge is 0.458 e. The van der Waals surface area contributed by atoms with Crippen LogP contribution in [-0.4, -0.2) is 18.0 Å². The summed E-state index contributed by atoms with van der Waals surface area (Å²) in [6.45, 7) is 4.07. The van der Waals surface area contributed by atoms with Crippen LogP contribution in [0.2, 0.25) is 0 Å². The molecule has 4 heteroatoms. The third-order valence-electron chi connectivity index (χ3n) is 5.40. The average Bonchev–Trinajstić information content (AvgIpc) is 2.82. The van der Waals surface area contributed by atoms with Gasteiger partial charge in [-0.3, -0.25) is 4.79 Å². The van der Waals surface area contributed by atoms with Crippen molar-refractivity contribution in [1.82, 2.24) is 5.32 Å². The monoisotopic (exact) mass is 429 g/mol. The topological polar surface area (TPSA) is 55.4 Å². The van der Waals surface area contributed by atoms with Crippen LogP contribution in [0.5, 0.6) is 0 Å². The minimum absolute atomic E-state index is 0.135. The van der Waals surface area contributed by atoms with E-state index < -0.39 is 5.97 Å². The molecule has 0 bridgehead atoms. The number of rotatable bonds is 10. The van der Waals surface area contributed by atoms with E-state index in [4.69, 9.17) is 4.74 Å². The Labute approximate surface area is 190 Å². The molecule has 0 spiro atoms. The second-order valence-corrected chi connectivity index (χ2v) is 8.01. The van der Waals surface area contributed by atoms with Gasteiger partial charge in [-0.15, -0.1) is 0 Å². The zero-order valence-electron chi connectivity index (χ0n) is 18.8. The van der Waals surface area contributed by atoms with Crippen LogP contribution in [0.25, 0.3) is 16.8 Å². The molecule has 0 aliphatic heterocycles. The maximum atomic E-state index is 13.0. The normalized spacial score (nSPS) is 12.4. The van der Waals surface area contributed by atoms with Crippen LogP contribution in [0, 0.1) is 0 Å². The molecule has 1 N–H and O–H groups in total. The summed E-state index contributed by atoms with van der Waals surface area (Å²) in [6, 6.07) is 22.7. The van der Waals surface area contributed by atoms with Gasteiger partial charge in [0.15, 0.2) is 0 Å². The Balaban J connectivity index is 1.84. The zero-order chi connectivity index (χ0) is 22.8. The summed E-state index contributed by atoms with van der Waals surface area (Å²) in [4.78, 5) is 25.8. The van der Waals surface area contributed by atoms with Crippen LogP contribution >= 0.6 is 0 Å². The van der Waals surface area contributed by atoms with Gasteiger partial charge in [-0.1, -0.05) is 86.8 Å². The quantitative estimate of drug-likeness (QED) is 0.227. The van der Waals surface area contributed by atoms with Crippen molar-refractivity contribution in [1.29, 1.82) is 0 Å². The molecule has 0 saturated carbocycles. The highest BCUT2D eigenvalue weighted by atomic mass is 16.5. The summed E-state index contributed by atoms with van der Waals surface area (Å²) in [7, 11) is 0. The highest BCUT2D eigenvalue weighted by Gasteiger charge is 2.19. The Morgan fingerprint density at radius 3 is 2.41 bits per heavy atom. The van der Waals surface area contributed by atoms with E-state index in [1.807, 2.05) is 55.5 Å². The predicted octanol–water partition coefficient (Wildman–Crippen LogP) is 6.51. The SMILES string of the molecule is CCCCCC[C@H](C)OC(=O)/C(=C/c1cccc2ccccc12)NC(=O)c1ccccc1. The van der Waals surface area contributed by atoms with Gasteiger partial charge in [0.2, 0.25) is 0 Å². The Morgan fingerprint density at radius 1 is 0.906 bits per heavy atom. The lowest BCUT2D eigenvalue weighted by molar-refractivity contribution is -0.144. The summed E-state index contributed by atoms with van der Waals surface area (Å²) in [5.74, 6) is -0.866. The zero-order valence-corrected chi connectivity index (χ0v) is 18.8. The first-order valence-electron chi connectivity index (χ1n) is 11.4. The third kappa shape index (κ3) is 6.55. The second-order valence-electron chi connectivity index (χ2n) is 8.01. The van der Waals surface area contributed by atoms with E-state index in [-0.39, 0.29) is 17.7 Å². The fraction of sp³-hybridized carbons (Fsp3) is 0.286. The number of benzene rings is 3. The van der Waals surface area contributed by atoms with E-state index in [1.165, 1.54) is 6.42 Å². The number of nitrogens with one attached hydrogen (secondary N) is 1. The molecule has 0 aliphatic rings. The molecule has 166 valence electrons. The van der Waals surface area contributed by atoms with E-state index in [1.54, 1.807) is 30.3 Å². The molecule has 1 amide bonds. The van der Waals surface area contributed by atoms with Crippen LogP contribution in [0.15, 0.2) is 78.5 Å². The molecule has 0 heterocycles. The van der Waals surface area contributed by atoms with E-state index in [0.29, 0.717) is 5.56 Å². The second kappa shape index (κ2) is 11.8. The van der Waals surface area contributed by atoms with Crippen molar-refractivity contribution in [2.24, 2.45) is 0 Å². The summed E-state index contributed by atoms with van der Waals surface area (Å²) in [5, 5.41) is 4.84. The first-order chi connectivity index (χ1) is 15.6. The number of unbranched alkanes of at least 4 members (excludes halogenated alkanes) is 3. The molecule has 0 aliphatic carbocycles. The summed E-state index contributed by atoms with van der Waals surface area (Å²) in [5.41, 5.74) is 1.46. The lowest BCUT2D eigenvalue weighted by Crippen LogP contribution is -2.30. The lowest BCUT2D eigenvalue weighted by Gasteiger charge is -2.16. The maximum absolute atomic E-state index is 13.0. The number of esters is 1. The van der Waals surface area contributed by atoms with Gasteiger partial charge in [0.1, 0.15) is 5.70 Å². The Hall–Kier alpha value is -3.40. The highest BCUT2D eigenvalue weighted by molar-refractivity contribution is 6.04. The van der Waals surface area contributed by atoms with Crippen LogP contribution in [-0.2, 0) is 9.53 Å². The molecule has 3 aromatic rings. The first-order valence-corrected chi connectivity index (χ1v) is 11.4. The minimum Gasteiger partial charge on any atom is -0.458 e. The van der Waals surface area contributed by atoms with E-state index in [0.717, 1.165) is 42.0 Å². The van der Waals surface area contributed by atoms with Gasteiger partial charge in [-0.05, 0) is 54.3 Å². The molecule has 0 fully saturated rings. The Morgan fingerprint density at radius 2 is 1.62 bits per heavy atom. The number of hydrogen-bond donors (Lipinski definition) is 1. The first kappa shape index (κ1) is 23.3. The molecule has 1 atom stereocenters. The van der Waals surface area contributed by atoms with Gasteiger partial charge < -0.3 is 10.1 Å². The van der Waals surface area contributed by atoms with Crippen molar-refractivity contribution in [2.45, 2.75) is 52.1 Å². The summed E-state index contributed by atoms with van der Waals surface area (Å²) >= 11 is 0. The highest BCUT2D eigenvalue weighted by Crippen LogP contribution is 2.21. The molecule has 3 aromatic carbocycles. The number of carbonyl (C=O) groups is 2. The van der Waals surface area contributed by atoms with Gasteiger partial charge in [-0.25, -0.2) is 4.79 Å². The lowest BCUT2D eigenvalue weighted by atomic mass is 10.0. The smallest absolute Gasteiger partial charge is 0.355 e. The number of ether oxygens (including phenoxy) is 1. The average molecular weight is 430 g/mol. The minimum atomic E-state index is -0.523. The fourth-order valence-corrected chi connectivity index (χ4v) is 3.63. The molecule has 3 rings (SSSR count). The van der Waals surface area contributed by atoms with Crippen LogP contribution in [0.1, 0.15) is 61.9 Å². The fourth-order valence-electron chi connectivity index (χ4n) is 3.63. The van der Waals surface area contributed by atoms with Gasteiger partial charge >= 0.3 is 5.97 Å². The van der Waals surface area contributed by atoms with Gasteiger partial charge in [0.25, 0.3) is 5.91 Å². The van der Waals surface area contributed by atoms with Crippen molar-refractivity contribution < 1.29 is 14.3 Å². The summed E-state index contributed by atoms with van der Waals surface area (Å²) < 4.78 is 5.69. The van der Waals surface area contributed by atoms with Crippen molar-refractivity contribution in [3.63, 3.8) is 0 Å². The summed E-state index contributed by atoms with van der Waals surface area (Å²) in [6.07, 6.45) is 6.78. The molecule has 0 aromatic heterocycles. The molecule has 0 unspecified atom stereocenters. The Kier molecular flexibility index (Phi) is 8.61. The Bertz CT molecular complexity index is 1070. The van der Waals surface area contributed by atoms with E-state index in [2.05, 4.69) is 12.2 Å². The van der Waals surface area contributed by atoms with Gasteiger partial charge in [-0.2, -0.15) is 0 Å². The molecular formula is C28H31NO3. The van der Waals surface area contributed by atoms with Crippen molar-refractivity contribution in [3.8, 4) is 0 Å². The number of amides is 1. The van der Waals surface area contributed by atoms with Crippen molar-refractivity contribution >= 4 is 28.7 Å². The van der Waals surface area contributed by atoms with E-state index >= 15 is 0 Å². The number of carbonyl (C=O) groups excluding carboxylic acids is 2. The van der Waals surface area contributed by atoms with Crippen LogP contribution in [0.4, 0.5) is 0 Å². The molecular weight excluding hydrogens is 398 g/mol. The molecule has 0 saturated heterocycles. The van der Waals surface area contributed by atoms with Crippen molar-refractivity contribution in [2.75, 3.05) is 0 Å².